The summed E-state index contributed by atoms with van der Waals surface area (Å²) in [7, 11) is -4.74. The van der Waals surface area contributed by atoms with Gasteiger partial charge < -0.3 is 10.1 Å². The topological polar surface area (TPSA) is 127 Å². The lowest BCUT2D eigenvalue weighted by Crippen LogP contribution is -2.36. The van der Waals surface area contributed by atoms with Gasteiger partial charge in [-0.3, -0.25) is 24.1 Å². The smallest absolute Gasteiger partial charge is 0.341 e. The molecule has 0 aromatic heterocycles. The number of likely N-dealkylation sites (tertiary alicyclic amines) is 1. The number of anilines is 1. The first-order valence-corrected chi connectivity index (χ1v) is 9.06. The maximum atomic E-state index is 12.4. The molecule has 0 unspecified atom stereocenters. The van der Waals surface area contributed by atoms with E-state index in [1.54, 1.807) is 0 Å². The minimum atomic E-state index is -4.74. The lowest BCUT2D eigenvalue weighted by atomic mass is 10.3. The van der Waals surface area contributed by atoms with E-state index in [0.717, 1.165) is 29.2 Å². The quantitative estimate of drug-likeness (QED) is 0.512. The van der Waals surface area contributed by atoms with Gasteiger partial charge in [0.05, 0.1) is 4.90 Å². The molecule has 146 valence electrons. The van der Waals surface area contributed by atoms with Gasteiger partial charge in [0.15, 0.2) is 6.61 Å². The Bertz CT molecular complexity index is 853. The molecule has 0 saturated carbocycles. The predicted molar refractivity (Wildman–Crippen MR) is 85.2 cm³/mol. The maximum Gasteiger partial charge on any atom is 0.341 e. The number of nitrogens with zero attached hydrogens (tertiary/aromatic N) is 1. The minimum absolute atomic E-state index is 0.0177. The number of rotatable bonds is 7. The molecule has 0 spiro atoms. The van der Waals surface area contributed by atoms with E-state index in [2.05, 4.69) is 10.1 Å². The number of ether oxygens (including phenoxy) is 1. The third-order valence-corrected chi connectivity index (χ3v) is 4.91. The van der Waals surface area contributed by atoms with Crippen LogP contribution >= 0.6 is 0 Å². The van der Waals surface area contributed by atoms with Gasteiger partial charge in [0.25, 0.3) is 5.91 Å². The molecule has 1 aliphatic rings. The van der Waals surface area contributed by atoms with Gasteiger partial charge in [-0.15, -0.1) is 0 Å². The van der Waals surface area contributed by atoms with Crippen molar-refractivity contribution >= 4 is 39.2 Å². The van der Waals surface area contributed by atoms with Gasteiger partial charge >= 0.3 is 11.7 Å². The number of amides is 3. The van der Waals surface area contributed by atoms with E-state index in [0.29, 0.717) is 0 Å². The molecule has 0 radical (unpaired) electrons. The maximum absolute atomic E-state index is 12.4. The van der Waals surface area contributed by atoms with E-state index in [-0.39, 0.29) is 18.5 Å². The van der Waals surface area contributed by atoms with Crippen molar-refractivity contribution in [2.45, 2.75) is 23.5 Å². The average molecular weight is 404 g/mol. The highest BCUT2D eigenvalue weighted by Gasteiger charge is 2.31. The normalized spacial score (nSPS) is 14.6. The van der Waals surface area contributed by atoms with Gasteiger partial charge in [-0.25, -0.2) is 8.42 Å². The zero-order valence-electron chi connectivity index (χ0n) is 13.7. The Balaban J connectivity index is 1.84. The van der Waals surface area contributed by atoms with Crippen molar-refractivity contribution in [3.63, 3.8) is 0 Å². The summed E-state index contributed by atoms with van der Waals surface area (Å²) in [5.74, 6) is -6.30. The molecular weight excluding hydrogens is 390 g/mol. The van der Waals surface area contributed by atoms with Crippen LogP contribution in [0.1, 0.15) is 12.8 Å². The van der Waals surface area contributed by atoms with E-state index in [1.165, 1.54) is 0 Å². The Morgan fingerprint density at radius 3 is 2.19 bits per heavy atom. The second-order valence-corrected chi connectivity index (χ2v) is 7.33. The van der Waals surface area contributed by atoms with Gasteiger partial charge in [-0.2, -0.15) is 8.78 Å². The van der Waals surface area contributed by atoms with E-state index >= 15 is 0 Å². The Hall–Kier alpha value is -2.89. The van der Waals surface area contributed by atoms with Gasteiger partial charge in [0.2, 0.25) is 21.7 Å². The highest BCUT2D eigenvalue weighted by molar-refractivity contribution is 7.91. The van der Waals surface area contributed by atoms with Crippen LogP contribution < -0.4 is 5.32 Å². The second-order valence-electron chi connectivity index (χ2n) is 5.41. The highest BCUT2D eigenvalue weighted by Crippen LogP contribution is 2.20. The van der Waals surface area contributed by atoms with Crippen LogP contribution in [0.15, 0.2) is 29.2 Å². The van der Waals surface area contributed by atoms with Crippen molar-refractivity contribution in [1.29, 1.82) is 0 Å². The molecule has 1 aliphatic heterocycles. The first-order valence-electron chi connectivity index (χ1n) is 7.52. The van der Waals surface area contributed by atoms with Crippen molar-refractivity contribution in [3.05, 3.63) is 24.3 Å². The fraction of sp³-hybridized carbons (Fsp3) is 0.333. The molecule has 1 N–H and O–H groups in total. The van der Waals surface area contributed by atoms with Crippen LogP contribution in [0.2, 0.25) is 0 Å². The largest absolute Gasteiger partial charge is 0.454 e. The first-order chi connectivity index (χ1) is 12.6. The zero-order valence-corrected chi connectivity index (χ0v) is 14.5. The molecule has 27 heavy (non-hydrogen) atoms. The predicted octanol–water partition coefficient (Wildman–Crippen LogP) is 0.314. The number of benzene rings is 1. The van der Waals surface area contributed by atoms with Crippen LogP contribution in [0.4, 0.5) is 14.5 Å². The number of hydrogen-bond acceptors (Lipinski definition) is 7. The summed E-state index contributed by atoms with van der Waals surface area (Å²) in [6.07, 6.45) is 0.0355. The molecule has 3 amide bonds. The molecular formula is C15H14F2N2O7S. The number of carbonyl (C=O) groups is 4. The third kappa shape index (κ3) is 5.06. The number of alkyl halides is 2. The van der Waals surface area contributed by atoms with Gasteiger partial charge in [0.1, 0.15) is 6.54 Å². The van der Waals surface area contributed by atoms with Gasteiger partial charge in [0, 0.05) is 18.5 Å². The molecule has 9 nitrogen and oxygen atoms in total. The van der Waals surface area contributed by atoms with Crippen LogP contribution in [0.5, 0.6) is 0 Å². The molecule has 2 rings (SSSR count). The fourth-order valence-corrected chi connectivity index (χ4v) is 2.87. The van der Waals surface area contributed by atoms with Gasteiger partial charge in [-0.05, 0) is 24.3 Å². The van der Waals surface area contributed by atoms with Crippen molar-refractivity contribution in [1.82, 2.24) is 4.90 Å². The van der Waals surface area contributed by atoms with E-state index in [9.17, 15) is 36.4 Å². The molecule has 1 heterocycles. The molecule has 0 bridgehead atoms. The number of imide groups is 1. The van der Waals surface area contributed by atoms with Crippen LogP contribution in [-0.4, -0.2) is 55.9 Å². The minimum Gasteiger partial charge on any atom is -0.454 e. The lowest BCUT2D eigenvalue weighted by molar-refractivity contribution is -0.153. The summed E-state index contributed by atoms with van der Waals surface area (Å²) >= 11 is 0. The molecule has 1 fully saturated rings. The summed E-state index contributed by atoms with van der Waals surface area (Å²) in [6.45, 7) is -1.31. The average Bonchev–Trinajstić information content (AvgIpc) is 2.92. The van der Waals surface area contributed by atoms with Crippen LogP contribution in [-0.2, 0) is 33.8 Å². The van der Waals surface area contributed by atoms with Crippen LogP contribution in [0.25, 0.3) is 0 Å². The zero-order chi connectivity index (χ0) is 20.2. The molecule has 0 atom stereocenters. The number of esters is 1. The summed E-state index contributed by atoms with van der Waals surface area (Å²) in [4.78, 5) is 46.1. The summed E-state index contributed by atoms with van der Waals surface area (Å²) in [5.41, 5.74) is 0.0918. The Morgan fingerprint density at radius 1 is 1.11 bits per heavy atom. The number of nitrogens with one attached hydrogen (secondary N) is 1. The number of hydrogen-bond donors (Lipinski definition) is 1. The van der Waals surface area contributed by atoms with E-state index in [1.807, 2.05) is 0 Å². The fourth-order valence-electron chi connectivity index (χ4n) is 2.15. The Morgan fingerprint density at radius 2 is 1.67 bits per heavy atom. The highest BCUT2D eigenvalue weighted by atomic mass is 32.2. The van der Waals surface area contributed by atoms with E-state index in [4.69, 9.17) is 0 Å². The molecule has 1 aromatic rings. The number of carbonyl (C=O) groups excluding carboxylic acids is 4. The summed E-state index contributed by atoms with van der Waals surface area (Å²) in [5, 5.41) is 2.27. The number of halogens is 2. The summed E-state index contributed by atoms with van der Waals surface area (Å²) in [6, 6.07) is 3.98. The Kier molecular flexibility index (Phi) is 6.20. The number of sulfone groups is 1. The van der Waals surface area contributed by atoms with Crippen molar-refractivity contribution in [2.75, 3.05) is 18.5 Å². The third-order valence-electron chi connectivity index (χ3n) is 3.51. The van der Waals surface area contributed by atoms with Crippen molar-refractivity contribution in [3.8, 4) is 0 Å². The van der Waals surface area contributed by atoms with Gasteiger partial charge in [-0.1, -0.05) is 0 Å². The molecule has 0 aliphatic carbocycles. The second kappa shape index (κ2) is 8.20. The lowest BCUT2D eigenvalue weighted by Gasteiger charge is -2.12. The Labute approximate surface area is 152 Å². The summed E-state index contributed by atoms with van der Waals surface area (Å²) < 4.78 is 52.1. The monoisotopic (exact) mass is 404 g/mol. The molecule has 1 aromatic carbocycles. The van der Waals surface area contributed by atoms with Crippen LogP contribution in [0, 0.1) is 0 Å². The van der Waals surface area contributed by atoms with E-state index < -0.39 is 57.3 Å². The first kappa shape index (κ1) is 20.4. The standard InChI is InChI=1S/C15H14F2N2O7S/c16-15(17)27(24,25)10-3-1-9(2-4-10)18-11(20)8-26-14(23)7-19-12(21)5-6-13(19)22/h1-4,15H,5-8H2,(H,18,20). The molecule has 1 saturated heterocycles. The SMILES string of the molecule is O=C(COC(=O)CN1C(=O)CCC1=O)Nc1ccc(S(=O)(=O)C(F)F)cc1. The molecule has 12 heteroatoms. The van der Waals surface area contributed by atoms with Crippen molar-refractivity contribution in [2.24, 2.45) is 0 Å². The van der Waals surface area contributed by atoms with Crippen molar-refractivity contribution < 1.29 is 41.1 Å². The van der Waals surface area contributed by atoms with Crippen LogP contribution in [0.3, 0.4) is 0 Å².